The minimum atomic E-state index is 0.275. The van der Waals surface area contributed by atoms with E-state index in [0.717, 1.165) is 55.1 Å². The number of ether oxygens (including phenoxy) is 2. The SMILES string of the molecule is CCCc1noc(CN2CCCC2c2cc(OC)ccc2OC)n1. The Balaban J connectivity index is 1.79. The van der Waals surface area contributed by atoms with Gasteiger partial charge in [-0.3, -0.25) is 4.90 Å². The Labute approximate surface area is 142 Å². The van der Waals surface area contributed by atoms with E-state index in [-0.39, 0.29) is 6.04 Å². The molecule has 1 aliphatic rings. The van der Waals surface area contributed by atoms with Gasteiger partial charge in [-0.05, 0) is 44.0 Å². The van der Waals surface area contributed by atoms with Crippen LogP contribution in [0.3, 0.4) is 0 Å². The van der Waals surface area contributed by atoms with Gasteiger partial charge in [-0.2, -0.15) is 4.98 Å². The molecule has 0 aliphatic carbocycles. The van der Waals surface area contributed by atoms with E-state index < -0.39 is 0 Å². The summed E-state index contributed by atoms with van der Waals surface area (Å²) in [5.41, 5.74) is 1.16. The summed E-state index contributed by atoms with van der Waals surface area (Å²) in [6.45, 7) is 3.79. The third-order valence-electron chi connectivity index (χ3n) is 4.48. The van der Waals surface area contributed by atoms with Crippen molar-refractivity contribution in [2.45, 2.75) is 45.2 Å². The van der Waals surface area contributed by atoms with Crippen LogP contribution in [-0.2, 0) is 13.0 Å². The average Bonchev–Trinajstić information content (AvgIpc) is 3.24. The molecule has 1 unspecified atom stereocenters. The molecule has 0 amide bonds. The normalized spacial score (nSPS) is 18.0. The molecular weight excluding hydrogens is 306 g/mol. The summed E-state index contributed by atoms with van der Waals surface area (Å²) in [6, 6.07) is 6.24. The van der Waals surface area contributed by atoms with Crippen LogP contribution in [0.2, 0.25) is 0 Å². The van der Waals surface area contributed by atoms with E-state index in [9.17, 15) is 0 Å². The molecule has 1 atom stereocenters. The fourth-order valence-corrected chi connectivity index (χ4v) is 3.32. The standard InChI is InChI=1S/C18H25N3O3/c1-4-6-17-19-18(24-20-17)12-21-10-5-7-15(21)14-11-13(22-2)8-9-16(14)23-3/h8-9,11,15H,4-7,10,12H2,1-3H3. The Bertz CT molecular complexity index is 671. The van der Waals surface area contributed by atoms with Crippen LogP contribution in [0.4, 0.5) is 0 Å². The number of hydrogen-bond acceptors (Lipinski definition) is 6. The topological polar surface area (TPSA) is 60.6 Å². The lowest BCUT2D eigenvalue weighted by Crippen LogP contribution is -2.23. The average molecular weight is 331 g/mol. The summed E-state index contributed by atoms with van der Waals surface area (Å²) >= 11 is 0. The summed E-state index contributed by atoms with van der Waals surface area (Å²) < 4.78 is 16.3. The number of rotatable bonds is 7. The van der Waals surface area contributed by atoms with Crippen LogP contribution in [0, 0.1) is 0 Å². The predicted molar refractivity (Wildman–Crippen MR) is 90.2 cm³/mol. The first-order valence-corrected chi connectivity index (χ1v) is 8.52. The van der Waals surface area contributed by atoms with Crippen molar-refractivity contribution < 1.29 is 14.0 Å². The minimum absolute atomic E-state index is 0.275. The van der Waals surface area contributed by atoms with Crippen molar-refractivity contribution in [1.29, 1.82) is 0 Å². The monoisotopic (exact) mass is 331 g/mol. The third-order valence-corrected chi connectivity index (χ3v) is 4.48. The van der Waals surface area contributed by atoms with E-state index in [0.29, 0.717) is 12.4 Å². The fraction of sp³-hybridized carbons (Fsp3) is 0.556. The van der Waals surface area contributed by atoms with Crippen molar-refractivity contribution >= 4 is 0 Å². The van der Waals surface area contributed by atoms with Crippen LogP contribution in [-0.4, -0.2) is 35.8 Å². The Morgan fingerprint density at radius 3 is 2.92 bits per heavy atom. The van der Waals surface area contributed by atoms with E-state index in [1.54, 1.807) is 14.2 Å². The first-order valence-electron chi connectivity index (χ1n) is 8.52. The predicted octanol–water partition coefficient (Wildman–Crippen LogP) is 3.38. The van der Waals surface area contributed by atoms with Gasteiger partial charge in [0.05, 0.1) is 20.8 Å². The molecule has 2 aromatic rings. The molecule has 0 bridgehead atoms. The van der Waals surface area contributed by atoms with Crippen molar-refractivity contribution in [3.05, 3.63) is 35.5 Å². The molecule has 1 aromatic carbocycles. The highest BCUT2D eigenvalue weighted by molar-refractivity contribution is 5.42. The van der Waals surface area contributed by atoms with Crippen LogP contribution >= 0.6 is 0 Å². The van der Waals surface area contributed by atoms with Gasteiger partial charge in [0.15, 0.2) is 5.82 Å². The van der Waals surface area contributed by atoms with E-state index in [1.165, 1.54) is 0 Å². The van der Waals surface area contributed by atoms with Gasteiger partial charge in [0.1, 0.15) is 11.5 Å². The molecule has 0 N–H and O–H groups in total. The molecule has 0 saturated carbocycles. The van der Waals surface area contributed by atoms with Gasteiger partial charge in [0, 0.05) is 18.0 Å². The highest BCUT2D eigenvalue weighted by Gasteiger charge is 2.30. The summed E-state index contributed by atoms with van der Waals surface area (Å²) in [6.07, 6.45) is 4.10. The second kappa shape index (κ2) is 7.66. The van der Waals surface area contributed by atoms with Gasteiger partial charge < -0.3 is 14.0 Å². The maximum Gasteiger partial charge on any atom is 0.240 e. The molecule has 0 spiro atoms. The van der Waals surface area contributed by atoms with Crippen molar-refractivity contribution in [2.24, 2.45) is 0 Å². The van der Waals surface area contributed by atoms with Gasteiger partial charge in [-0.25, -0.2) is 0 Å². The number of hydrogen-bond donors (Lipinski definition) is 0. The first kappa shape index (κ1) is 16.8. The Hall–Kier alpha value is -2.08. The molecule has 1 aliphatic heterocycles. The molecular formula is C18H25N3O3. The fourth-order valence-electron chi connectivity index (χ4n) is 3.32. The second-order valence-electron chi connectivity index (χ2n) is 6.09. The zero-order valence-electron chi connectivity index (χ0n) is 14.6. The van der Waals surface area contributed by atoms with Crippen LogP contribution < -0.4 is 9.47 Å². The van der Waals surface area contributed by atoms with E-state index in [4.69, 9.17) is 14.0 Å². The van der Waals surface area contributed by atoms with Gasteiger partial charge >= 0.3 is 0 Å². The summed E-state index contributed by atoms with van der Waals surface area (Å²) in [5, 5.41) is 4.05. The molecule has 0 radical (unpaired) electrons. The molecule has 24 heavy (non-hydrogen) atoms. The van der Waals surface area contributed by atoms with Gasteiger partial charge in [0.25, 0.3) is 0 Å². The highest BCUT2D eigenvalue weighted by atomic mass is 16.5. The quantitative estimate of drug-likeness (QED) is 0.775. The minimum Gasteiger partial charge on any atom is -0.497 e. The lowest BCUT2D eigenvalue weighted by Gasteiger charge is -2.25. The number of nitrogens with zero attached hydrogens (tertiary/aromatic N) is 3. The van der Waals surface area contributed by atoms with Crippen LogP contribution in [0.15, 0.2) is 22.7 Å². The van der Waals surface area contributed by atoms with Crippen LogP contribution in [0.1, 0.15) is 49.5 Å². The number of aromatic nitrogens is 2. The maximum atomic E-state index is 5.56. The smallest absolute Gasteiger partial charge is 0.240 e. The molecule has 1 saturated heterocycles. The zero-order chi connectivity index (χ0) is 16.9. The summed E-state index contributed by atoms with van der Waals surface area (Å²) in [4.78, 5) is 6.87. The molecule has 6 heteroatoms. The van der Waals surface area contributed by atoms with Crippen molar-refractivity contribution in [2.75, 3.05) is 20.8 Å². The second-order valence-corrected chi connectivity index (χ2v) is 6.09. The zero-order valence-corrected chi connectivity index (χ0v) is 14.6. The highest BCUT2D eigenvalue weighted by Crippen LogP contribution is 2.39. The van der Waals surface area contributed by atoms with Crippen molar-refractivity contribution in [3.8, 4) is 11.5 Å². The lowest BCUT2D eigenvalue weighted by molar-refractivity contribution is 0.208. The summed E-state index contributed by atoms with van der Waals surface area (Å²) in [7, 11) is 3.39. The van der Waals surface area contributed by atoms with E-state index in [1.807, 2.05) is 12.1 Å². The largest absolute Gasteiger partial charge is 0.497 e. The van der Waals surface area contributed by atoms with Crippen LogP contribution in [0.25, 0.3) is 0 Å². The van der Waals surface area contributed by atoms with E-state index in [2.05, 4.69) is 28.0 Å². The molecule has 1 fully saturated rings. The summed E-state index contributed by atoms with van der Waals surface area (Å²) in [5.74, 6) is 3.22. The Morgan fingerprint density at radius 2 is 2.17 bits per heavy atom. The maximum absolute atomic E-state index is 5.56. The molecule has 6 nitrogen and oxygen atoms in total. The molecule has 130 valence electrons. The first-order chi connectivity index (χ1) is 11.7. The molecule has 3 rings (SSSR count). The third kappa shape index (κ3) is 3.53. The number of aryl methyl sites for hydroxylation is 1. The van der Waals surface area contributed by atoms with Crippen molar-refractivity contribution in [1.82, 2.24) is 15.0 Å². The number of likely N-dealkylation sites (tertiary alicyclic amines) is 1. The lowest BCUT2D eigenvalue weighted by atomic mass is 10.0. The van der Waals surface area contributed by atoms with Gasteiger partial charge in [0.2, 0.25) is 5.89 Å². The number of methoxy groups -OCH3 is 2. The Kier molecular flexibility index (Phi) is 5.35. The van der Waals surface area contributed by atoms with Gasteiger partial charge in [-0.15, -0.1) is 0 Å². The van der Waals surface area contributed by atoms with Crippen LogP contribution in [0.5, 0.6) is 11.5 Å². The van der Waals surface area contributed by atoms with Gasteiger partial charge in [-0.1, -0.05) is 12.1 Å². The Morgan fingerprint density at radius 1 is 1.29 bits per heavy atom. The molecule has 1 aromatic heterocycles. The van der Waals surface area contributed by atoms with Crippen molar-refractivity contribution in [3.63, 3.8) is 0 Å². The molecule has 2 heterocycles. The number of benzene rings is 1. The van der Waals surface area contributed by atoms with E-state index >= 15 is 0 Å².